The summed E-state index contributed by atoms with van der Waals surface area (Å²) in [6.45, 7) is 1.81. The number of benzene rings is 2. The van der Waals surface area contributed by atoms with Gasteiger partial charge in [0.25, 0.3) is 0 Å². The van der Waals surface area contributed by atoms with Gasteiger partial charge in [0.15, 0.2) is 10.7 Å². The van der Waals surface area contributed by atoms with Crippen LogP contribution in [0.15, 0.2) is 56.4 Å². The molecule has 0 unspecified atom stereocenters. The van der Waals surface area contributed by atoms with Gasteiger partial charge in [0.05, 0.1) is 0 Å². The van der Waals surface area contributed by atoms with Gasteiger partial charge in [-0.2, -0.15) is 4.31 Å². The van der Waals surface area contributed by atoms with Gasteiger partial charge >= 0.3 is 0 Å². The summed E-state index contributed by atoms with van der Waals surface area (Å²) >= 11 is 3.36. The standard InChI is InChI=1S/C24H22BrF2N3O4S/c1-15-23(22(34-29-15)8-6-16-5-7-19(26)14-21(16)27)35(32,33)30-11-9-17(10-12-30)24(31)28-20-4-2-3-18(25)13-20/h2-8,13-14,17H,9-12H2,1H3,(H,28,31)/b8-6+. The van der Waals surface area contributed by atoms with Gasteiger partial charge in [-0.15, -0.1) is 0 Å². The predicted molar refractivity (Wildman–Crippen MR) is 131 cm³/mol. The number of piperidine rings is 1. The highest BCUT2D eigenvalue weighted by atomic mass is 79.9. The van der Waals surface area contributed by atoms with Crippen molar-refractivity contribution in [1.29, 1.82) is 0 Å². The summed E-state index contributed by atoms with van der Waals surface area (Å²) in [6.07, 6.45) is 3.30. The molecule has 0 bridgehead atoms. The number of anilines is 1. The number of carbonyl (C=O) groups is 1. The van der Waals surface area contributed by atoms with Crippen LogP contribution >= 0.6 is 15.9 Å². The average molecular weight is 566 g/mol. The maximum absolute atomic E-state index is 13.9. The van der Waals surface area contributed by atoms with E-state index in [2.05, 4.69) is 26.4 Å². The van der Waals surface area contributed by atoms with E-state index < -0.39 is 21.7 Å². The van der Waals surface area contributed by atoms with Gasteiger partial charge in [-0.25, -0.2) is 17.2 Å². The van der Waals surface area contributed by atoms with E-state index in [9.17, 15) is 22.0 Å². The van der Waals surface area contributed by atoms with E-state index >= 15 is 0 Å². The average Bonchev–Trinajstić information content (AvgIpc) is 3.19. The van der Waals surface area contributed by atoms with E-state index in [4.69, 9.17) is 4.52 Å². The summed E-state index contributed by atoms with van der Waals surface area (Å²) in [5, 5.41) is 6.64. The molecule has 1 aliphatic heterocycles. The zero-order valence-corrected chi connectivity index (χ0v) is 21.1. The molecule has 7 nitrogen and oxygen atoms in total. The summed E-state index contributed by atoms with van der Waals surface area (Å²) in [7, 11) is -3.98. The van der Waals surface area contributed by atoms with Gasteiger partial charge in [-0.05, 0) is 62.2 Å². The van der Waals surface area contributed by atoms with E-state index in [0.29, 0.717) is 18.5 Å². The molecule has 4 rings (SSSR count). The third kappa shape index (κ3) is 5.68. The number of nitrogens with zero attached hydrogens (tertiary/aromatic N) is 2. The minimum atomic E-state index is -3.98. The molecule has 0 spiro atoms. The van der Waals surface area contributed by atoms with Crippen LogP contribution in [0, 0.1) is 24.5 Å². The Morgan fingerprint density at radius 2 is 1.91 bits per heavy atom. The Labute approximate surface area is 210 Å². The molecule has 2 heterocycles. The number of rotatable bonds is 6. The highest BCUT2D eigenvalue weighted by Crippen LogP contribution is 2.30. The number of carbonyl (C=O) groups excluding carboxylic acids is 1. The first-order valence-corrected chi connectivity index (χ1v) is 13.0. The van der Waals surface area contributed by atoms with E-state index in [0.717, 1.165) is 16.6 Å². The molecule has 1 aromatic heterocycles. The molecular formula is C24H22BrF2N3O4S. The molecule has 0 aliphatic carbocycles. The van der Waals surface area contributed by atoms with Crippen molar-refractivity contribution in [3.8, 4) is 0 Å². The van der Waals surface area contributed by atoms with Crippen LogP contribution in [-0.2, 0) is 14.8 Å². The Morgan fingerprint density at radius 1 is 1.17 bits per heavy atom. The number of halogens is 3. The molecule has 184 valence electrons. The second kappa shape index (κ2) is 10.4. The first-order chi connectivity index (χ1) is 16.6. The number of nitrogens with one attached hydrogen (secondary N) is 1. The second-order valence-corrected chi connectivity index (χ2v) is 10.9. The van der Waals surface area contributed by atoms with Crippen LogP contribution in [0.25, 0.3) is 12.2 Å². The van der Waals surface area contributed by atoms with Gasteiger partial charge in [0.1, 0.15) is 17.3 Å². The molecule has 3 aromatic rings. The van der Waals surface area contributed by atoms with Gasteiger partial charge in [-0.3, -0.25) is 4.79 Å². The van der Waals surface area contributed by atoms with Crippen molar-refractivity contribution >= 4 is 49.7 Å². The Morgan fingerprint density at radius 3 is 2.60 bits per heavy atom. The smallest absolute Gasteiger partial charge is 0.248 e. The van der Waals surface area contributed by atoms with Crippen LogP contribution in [0.2, 0.25) is 0 Å². The van der Waals surface area contributed by atoms with Crippen molar-refractivity contribution in [1.82, 2.24) is 9.46 Å². The maximum atomic E-state index is 13.9. The molecule has 1 aliphatic rings. The number of sulfonamides is 1. The Balaban J connectivity index is 1.46. The van der Waals surface area contributed by atoms with Crippen molar-refractivity contribution < 1.29 is 26.5 Å². The van der Waals surface area contributed by atoms with Crippen LogP contribution in [0.4, 0.5) is 14.5 Å². The minimum absolute atomic E-state index is 0.0549. The zero-order chi connectivity index (χ0) is 25.2. The number of hydrogen-bond donors (Lipinski definition) is 1. The molecule has 1 N–H and O–H groups in total. The van der Waals surface area contributed by atoms with Crippen molar-refractivity contribution in [2.24, 2.45) is 5.92 Å². The molecule has 0 saturated carbocycles. The lowest BCUT2D eigenvalue weighted by molar-refractivity contribution is -0.120. The van der Waals surface area contributed by atoms with Gasteiger partial charge in [0.2, 0.25) is 15.9 Å². The number of aromatic nitrogens is 1. The lowest BCUT2D eigenvalue weighted by atomic mass is 9.97. The Kier molecular flexibility index (Phi) is 7.48. The van der Waals surface area contributed by atoms with Crippen LogP contribution in [0.5, 0.6) is 0 Å². The molecule has 11 heteroatoms. The summed E-state index contributed by atoms with van der Waals surface area (Å²) < 4.78 is 61.2. The first kappa shape index (κ1) is 25.2. The molecule has 0 radical (unpaired) electrons. The maximum Gasteiger partial charge on any atom is 0.248 e. The van der Waals surface area contributed by atoms with Crippen LogP contribution in [0.1, 0.15) is 29.9 Å². The summed E-state index contributed by atoms with van der Waals surface area (Å²) in [5.74, 6) is -2.05. The summed E-state index contributed by atoms with van der Waals surface area (Å²) in [6, 6.07) is 10.3. The lowest BCUT2D eigenvalue weighted by Crippen LogP contribution is -2.41. The molecule has 1 amide bonds. The van der Waals surface area contributed by atoms with Crippen LogP contribution in [-0.4, -0.2) is 36.9 Å². The third-order valence-corrected chi connectivity index (χ3v) is 8.28. The van der Waals surface area contributed by atoms with Gasteiger partial charge in [-0.1, -0.05) is 27.2 Å². The Hall–Kier alpha value is -2.89. The van der Waals surface area contributed by atoms with Crippen molar-refractivity contribution in [3.63, 3.8) is 0 Å². The molecular weight excluding hydrogens is 544 g/mol. The topological polar surface area (TPSA) is 92.5 Å². The van der Waals surface area contributed by atoms with Crippen LogP contribution in [0.3, 0.4) is 0 Å². The SMILES string of the molecule is Cc1noc(/C=C/c2ccc(F)cc2F)c1S(=O)(=O)N1CCC(C(=O)Nc2cccc(Br)c2)CC1. The molecule has 0 atom stereocenters. The fraction of sp³-hybridized carbons (Fsp3) is 0.250. The largest absolute Gasteiger partial charge is 0.355 e. The third-order valence-electron chi connectivity index (χ3n) is 5.72. The zero-order valence-electron chi connectivity index (χ0n) is 18.7. The van der Waals surface area contributed by atoms with Crippen LogP contribution < -0.4 is 5.32 Å². The summed E-state index contributed by atoms with van der Waals surface area (Å²) in [4.78, 5) is 12.5. The van der Waals surface area contributed by atoms with E-state index in [1.54, 1.807) is 12.1 Å². The fourth-order valence-corrected chi connectivity index (χ4v) is 6.02. The normalized spacial score (nSPS) is 15.5. The molecule has 1 fully saturated rings. The highest BCUT2D eigenvalue weighted by Gasteiger charge is 2.36. The molecule has 35 heavy (non-hydrogen) atoms. The van der Waals surface area contributed by atoms with Crippen molar-refractivity contribution in [2.45, 2.75) is 24.7 Å². The predicted octanol–water partition coefficient (Wildman–Crippen LogP) is 5.23. The monoisotopic (exact) mass is 565 g/mol. The van der Waals surface area contributed by atoms with E-state index in [1.807, 2.05) is 12.1 Å². The van der Waals surface area contributed by atoms with Crippen molar-refractivity contribution in [3.05, 3.63) is 75.6 Å². The molecule has 2 aromatic carbocycles. The molecule has 1 saturated heterocycles. The summed E-state index contributed by atoms with van der Waals surface area (Å²) in [5.41, 5.74) is 0.897. The van der Waals surface area contributed by atoms with E-state index in [-0.39, 0.29) is 46.8 Å². The lowest BCUT2D eigenvalue weighted by Gasteiger charge is -2.30. The minimum Gasteiger partial charge on any atom is -0.355 e. The number of aryl methyl sites for hydroxylation is 1. The van der Waals surface area contributed by atoms with Gasteiger partial charge in [0, 0.05) is 40.8 Å². The van der Waals surface area contributed by atoms with E-state index in [1.165, 1.54) is 29.4 Å². The second-order valence-electron chi connectivity index (χ2n) is 8.14. The highest BCUT2D eigenvalue weighted by molar-refractivity contribution is 9.10. The number of hydrogen-bond acceptors (Lipinski definition) is 5. The Bertz CT molecular complexity index is 1380. The van der Waals surface area contributed by atoms with Gasteiger partial charge < -0.3 is 9.84 Å². The number of amides is 1. The quantitative estimate of drug-likeness (QED) is 0.441. The first-order valence-electron chi connectivity index (χ1n) is 10.8. The van der Waals surface area contributed by atoms with Crippen molar-refractivity contribution in [2.75, 3.05) is 18.4 Å². The fourth-order valence-electron chi connectivity index (χ4n) is 3.90.